The van der Waals surface area contributed by atoms with Crippen LogP contribution in [0.2, 0.25) is 5.02 Å². The predicted octanol–water partition coefficient (Wildman–Crippen LogP) is 4.20. The van der Waals surface area contributed by atoms with Crippen LogP contribution in [0.3, 0.4) is 0 Å². The minimum absolute atomic E-state index is 0. The Labute approximate surface area is 145 Å². The van der Waals surface area contributed by atoms with Crippen LogP contribution in [0.4, 0.5) is 5.13 Å². The molecular weight excluding hydrogens is 341 g/mol. The van der Waals surface area contributed by atoms with Crippen LogP contribution in [0.5, 0.6) is 0 Å². The Morgan fingerprint density at radius 3 is 2.59 bits per heavy atom. The van der Waals surface area contributed by atoms with Crippen molar-refractivity contribution in [2.24, 2.45) is 11.1 Å². The number of amides is 1. The smallest absolute Gasteiger partial charge is 0.243 e. The van der Waals surface area contributed by atoms with Gasteiger partial charge in [0.2, 0.25) is 5.91 Å². The molecule has 0 aliphatic rings. The molecule has 4 nitrogen and oxygen atoms in total. The average molecular weight is 360 g/mol. The van der Waals surface area contributed by atoms with E-state index in [2.05, 4.69) is 10.3 Å². The molecule has 0 bridgehead atoms. The van der Waals surface area contributed by atoms with E-state index in [4.69, 9.17) is 17.3 Å². The first-order chi connectivity index (χ1) is 9.79. The molecule has 120 valence electrons. The lowest BCUT2D eigenvalue weighted by Crippen LogP contribution is -2.45. The number of anilines is 1. The van der Waals surface area contributed by atoms with Gasteiger partial charge in [-0.1, -0.05) is 50.6 Å². The van der Waals surface area contributed by atoms with Crippen LogP contribution in [-0.4, -0.2) is 16.9 Å². The topological polar surface area (TPSA) is 68.0 Å². The molecule has 3 N–H and O–H groups in total. The van der Waals surface area contributed by atoms with Crippen molar-refractivity contribution >= 4 is 46.4 Å². The first-order valence-corrected chi connectivity index (χ1v) is 7.81. The van der Waals surface area contributed by atoms with E-state index in [1.165, 1.54) is 11.3 Å². The fourth-order valence-electron chi connectivity index (χ4n) is 1.70. The van der Waals surface area contributed by atoms with Gasteiger partial charge >= 0.3 is 0 Å². The lowest BCUT2D eigenvalue weighted by Gasteiger charge is -2.25. The zero-order valence-electron chi connectivity index (χ0n) is 12.6. The van der Waals surface area contributed by atoms with Crippen molar-refractivity contribution < 1.29 is 4.79 Å². The summed E-state index contributed by atoms with van der Waals surface area (Å²) in [6, 6.07) is 6.87. The lowest BCUT2D eigenvalue weighted by molar-refractivity contribution is -0.119. The number of carbonyl (C=O) groups excluding carboxylic acids is 1. The van der Waals surface area contributed by atoms with Gasteiger partial charge in [0.1, 0.15) is 0 Å². The molecule has 1 heterocycles. The second-order valence-electron chi connectivity index (χ2n) is 5.85. The number of rotatable bonds is 3. The molecule has 2 aromatic rings. The Hall–Kier alpha value is -1.14. The van der Waals surface area contributed by atoms with Gasteiger partial charge in [-0.3, -0.25) is 4.79 Å². The summed E-state index contributed by atoms with van der Waals surface area (Å²) in [7, 11) is 0. The van der Waals surface area contributed by atoms with Gasteiger partial charge in [-0.05, 0) is 11.5 Å². The maximum absolute atomic E-state index is 12.1. The van der Waals surface area contributed by atoms with E-state index in [0.717, 1.165) is 11.3 Å². The molecule has 1 aromatic carbocycles. The molecule has 0 radical (unpaired) electrons. The molecule has 0 unspecified atom stereocenters. The molecule has 0 saturated heterocycles. The zero-order chi connectivity index (χ0) is 15.6. The first kappa shape index (κ1) is 18.9. The summed E-state index contributed by atoms with van der Waals surface area (Å²) in [5, 5.41) is 5.77. The molecule has 0 saturated carbocycles. The number of nitrogens with one attached hydrogen (secondary N) is 1. The summed E-state index contributed by atoms with van der Waals surface area (Å²) >= 11 is 7.49. The van der Waals surface area contributed by atoms with Crippen LogP contribution < -0.4 is 11.1 Å². The van der Waals surface area contributed by atoms with Gasteiger partial charge in [-0.25, -0.2) is 4.98 Å². The Morgan fingerprint density at radius 2 is 2.00 bits per heavy atom. The molecule has 0 spiro atoms. The third-order valence-corrected chi connectivity index (χ3v) is 4.19. The maximum atomic E-state index is 12.1. The number of benzene rings is 1. The molecule has 2 rings (SSSR count). The van der Waals surface area contributed by atoms with Crippen molar-refractivity contribution in [1.29, 1.82) is 0 Å². The zero-order valence-corrected chi connectivity index (χ0v) is 15.0. The monoisotopic (exact) mass is 359 g/mol. The van der Waals surface area contributed by atoms with E-state index in [-0.39, 0.29) is 23.7 Å². The molecule has 1 aromatic heterocycles. The summed E-state index contributed by atoms with van der Waals surface area (Å²) in [4.78, 5) is 16.5. The lowest BCUT2D eigenvalue weighted by atomic mass is 9.87. The minimum atomic E-state index is -0.592. The van der Waals surface area contributed by atoms with Crippen LogP contribution in [0.1, 0.15) is 20.8 Å². The Kier molecular flexibility index (Phi) is 6.38. The van der Waals surface area contributed by atoms with Gasteiger partial charge < -0.3 is 11.1 Å². The summed E-state index contributed by atoms with van der Waals surface area (Å²) in [5.41, 5.74) is 7.21. The number of carbonyl (C=O) groups is 1. The fraction of sp³-hybridized carbons (Fsp3) is 0.333. The van der Waals surface area contributed by atoms with Gasteiger partial charge in [0.25, 0.3) is 0 Å². The normalized spacial score (nSPS) is 12.4. The van der Waals surface area contributed by atoms with Crippen LogP contribution >= 0.6 is 35.3 Å². The van der Waals surface area contributed by atoms with Crippen molar-refractivity contribution in [3.05, 3.63) is 34.7 Å². The minimum Gasteiger partial charge on any atom is -0.319 e. The van der Waals surface area contributed by atoms with E-state index < -0.39 is 6.04 Å². The average Bonchev–Trinajstić information content (AvgIpc) is 2.85. The fourth-order valence-corrected chi connectivity index (χ4v) is 2.65. The second kappa shape index (κ2) is 7.42. The highest BCUT2D eigenvalue weighted by atomic mass is 35.5. The van der Waals surface area contributed by atoms with E-state index >= 15 is 0 Å². The molecular formula is C15H19Cl2N3OS. The molecule has 22 heavy (non-hydrogen) atoms. The summed E-state index contributed by atoms with van der Waals surface area (Å²) in [6.07, 6.45) is 0. The predicted molar refractivity (Wildman–Crippen MR) is 95.9 cm³/mol. The summed E-state index contributed by atoms with van der Waals surface area (Å²) in [6.45, 7) is 5.77. The number of nitrogens with two attached hydrogens (primary N) is 1. The third-order valence-electron chi connectivity index (χ3n) is 3.10. The van der Waals surface area contributed by atoms with Crippen molar-refractivity contribution in [3.63, 3.8) is 0 Å². The summed E-state index contributed by atoms with van der Waals surface area (Å²) < 4.78 is 0. The van der Waals surface area contributed by atoms with Crippen molar-refractivity contribution in [1.82, 2.24) is 4.98 Å². The molecule has 7 heteroatoms. The van der Waals surface area contributed by atoms with Gasteiger partial charge in [-0.15, -0.1) is 23.7 Å². The number of hydrogen-bond acceptors (Lipinski definition) is 4. The van der Waals surface area contributed by atoms with Crippen LogP contribution in [0.15, 0.2) is 29.6 Å². The largest absolute Gasteiger partial charge is 0.319 e. The van der Waals surface area contributed by atoms with Crippen molar-refractivity contribution in [2.75, 3.05) is 5.32 Å². The number of aromatic nitrogens is 1. The van der Waals surface area contributed by atoms with Crippen molar-refractivity contribution in [3.8, 4) is 11.3 Å². The quantitative estimate of drug-likeness (QED) is 0.862. The van der Waals surface area contributed by atoms with Crippen LogP contribution in [-0.2, 0) is 4.79 Å². The Bertz CT molecular complexity index is 652. The number of thiazole rings is 1. The second-order valence-corrected chi connectivity index (χ2v) is 7.12. The van der Waals surface area contributed by atoms with Crippen LogP contribution in [0, 0.1) is 5.41 Å². The number of halogens is 2. The van der Waals surface area contributed by atoms with Gasteiger partial charge in [0.05, 0.1) is 11.7 Å². The molecule has 1 amide bonds. The Morgan fingerprint density at radius 1 is 1.36 bits per heavy atom. The number of nitrogens with zero attached hydrogens (tertiary/aromatic N) is 1. The SMILES string of the molecule is CC(C)(C)[C@H](N)C(=O)Nc1nc(-c2ccccc2Cl)cs1.Cl. The van der Waals surface area contributed by atoms with E-state index in [1.807, 2.05) is 50.4 Å². The molecule has 0 aliphatic carbocycles. The standard InChI is InChI=1S/C15H18ClN3OS.ClH/c1-15(2,3)12(17)13(20)19-14-18-11(8-21-14)9-6-4-5-7-10(9)16;/h4-8,12H,17H2,1-3H3,(H,18,19,20);1H/t12-;/m1./s1. The van der Waals surface area contributed by atoms with E-state index in [0.29, 0.717) is 10.2 Å². The van der Waals surface area contributed by atoms with E-state index in [1.54, 1.807) is 0 Å². The van der Waals surface area contributed by atoms with Gasteiger partial charge in [-0.2, -0.15) is 0 Å². The maximum Gasteiger partial charge on any atom is 0.243 e. The highest BCUT2D eigenvalue weighted by Crippen LogP contribution is 2.30. The van der Waals surface area contributed by atoms with Gasteiger partial charge in [0.15, 0.2) is 5.13 Å². The highest BCUT2D eigenvalue weighted by Gasteiger charge is 2.28. The molecule has 0 aliphatic heterocycles. The highest BCUT2D eigenvalue weighted by molar-refractivity contribution is 7.14. The van der Waals surface area contributed by atoms with Crippen LogP contribution in [0.25, 0.3) is 11.3 Å². The molecule has 0 fully saturated rings. The van der Waals surface area contributed by atoms with Crippen molar-refractivity contribution in [2.45, 2.75) is 26.8 Å². The third kappa shape index (κ3) is 4.43. The first-order valence-electron chi connectivity index (χ1n) is 6.56. The Balaban J connectivity index is 0.00000242. The van der Waals surface area contributed by atoms with Gasteiger partial charge in [0, 0.05) is 16.0 Å². The molecule has 1 atom stereocenters. The number of hydrogen-bond donors (Lipinski definition) is 2. The summed E-state index contributed by atoms with van der Waals surface area (Å²) in [5.74, 6) is -0.234. The van der Waals surface area contributed by atoms with E-state index in [9.17, 15) is 4.79 Å².